The number of hydrogen-bond donors (Lipinski definition) is 1. The Kier molecular flexibility index (Phi) is 8.90. The second-order valence-electron chi connectivity index (χ2n) is 7.82. The highest BCUT2D eigenvalue weighted by Gasteiger charge is 2.26. The number of carbonyl (C=O) groups is 2. The minimum absolute atomic E-state index is 0.0102. The van der Waals surface area contributed by atoms with E-state index >= 15 is 0 Å². The Morgan fingerprint density at radius 1 is 1.07 bits per heavy atom. The molecule has 0 aromatic heterocycles. The first-order valence-electron chi connectivity index (χ1n) is 10.2. The van der Waals surface area contributed by atoms with Gasteiger partial charge in [0.2, 0.25) is 5.91 Å². The van der Waals surface area contributed by atoms with Crippen LogP contribution in [0.4, 0.5) is 0 Å². The minimum atomic E-state index is -0.583. The van der Waals surface area contributed by atoms with Crippen molar-refractivity contribution in [1.29, 1.82) is 0 Å². The Morgan fingerprint density at radius 2 is 1.67 bits per heavy atom. The van der Waals surface area contributed by atoms with Gasteiger partial charge in [-0.05, 0) is 69.9 Å². The van der Waals surface area contributed by atoms with E-state index in [1.807, 2.05) is 70.2 Å². The molecular weight excluding hydrogens is 444 g/mol. The van der Waals surface area contributed by atoms with Crippen LogP contribution in [0, 0.1) is 13.8 Å². The lowest BCUT2D eigenvalue weighted by atomic mass is 10.1. The van der Waals surface area contributed by atoms with Gasteiger partial charge in [0, 0.05) is 17.1 Å². The van der Waals surface area contributed by atoms with E-state index in [0.29, 0.717) is 18.7 Å². The van der Waals surface area contributed by atoms with Gasteiger partial charge in [-0.15, -0.1) is 0 Å². The fourth-order valence-electron chi connectivity index (χ4n) is 3.19. The van der Waals surface area contributed by atoms with Crippen LogP contribution in [0.5, 0.6) is 5.75 Å². The highest BCUT2D eigenvalue weighted by molar-refractivity contribution is 9.10. The number of aryl methyl sites for hydroxylation is 2. The van der Waals surface area contributed by atoms with Gasteiger partial charge in [0.05, 0.1) is 0 Å². The molecular formula is C24H31BrN2O3. The number of nitrogens with zero attached hydrogens (tertiary/aromatic N) is 1. The maximum atomic E-state index is 13.0. The van der Waals surface area contributed by atoms with Crippen LogP contribution in [0.3, 0.4) is 0 Å². The normalized spacial score (nSPS) is 11.8. The zero-order valence-electron chi connectivity index (χ0n) is 18.4. The number of benzene rings is 2. The van der Waals surface area contributed by atoms with Gasteiger partial charge in [-0.1, -0.05) is 46.3 Å². The van der Waals surface area contributed by atoms with E-state index < -0.39 is 6.04 Å². The van der Waals surface area contributed by atoms with Crippen LogP contribution >= 0.6 is 15.9 Å². The summed E-state index contributed by atoms with van der Waals surface area (Å²) in [5.74, 6) is 0.265. The Labute approximate surface area is 187 Å². The molecule has 0 aliphatic heterocycles. The topological polar surface area (TPSA) is 58.6 Å². The maximum Gasteiger partial charge on any atom is 0.261 e. The van der Waals surface area contributed by atoms with Crippen LogP contribution in [0.1, 0.15) is 37.5 Å². The lowest BCUT2D eigenvalue weighted by Crippen LogP contribution is -2.51. The van der Waals surface area contributed by atoms with Crippen LogP contribution in [0.25, 0.3) is 0 Å². The molecule has 2 aromatic carbocycles. The second kappa shape index (κ2) is 11.2. The van der Waals surface area contributed by atoms with Crippen molar-refractivity contribution in [2.45, 2.75) is 53.1 Å². The van der Waals surface area contributed by atoms with Gasteiger partial charge in [0.1, 0.15) is 11.8 Å². The lowest BCUT2D eigenvalue weighted by Gasteiger charge is -2.29. The van der Waals surface area contributed by atoms with Crippen LogP contribution in [0.15, 0.2) is 46.9 Å². The Bertz CT molecular complexity index is 845. The maximum absolute atomic E-state index is 13.0. The van der Waals surface area contributed by atoms with Gasteiger partial charge in [0.25, 0.3) is 5.91 Å². The molecule has 0 unspecified atom stereocenters. The molecule has 0 radical (unpaired) electrons. The first-order valence-corrected chi connectivity index (χ1v) is 11.0. The molecule has 30 heavy (non-hydrogen) atoms. The molecule has 1 N–H and O–H groups in total. The molecule has 2 aromatic rings. The molecule has 0 aliphatic carbocycles. The lowest BCUT2D eigenvalue weighted by molar-refractivity contribution is -0.141. The van der Waals surface area contributed by atoms with Crippen molar-refractivity contribution in [3.63, 3.8) is 0 Å². The summed E-state index contributed by atoms with van der Waals surface area (Å²) < 4.78 is 6.82. The molecule has 162 valence electrons. The van der Waals surface area contributed by atoms with E-state index in [-0.39, 0.29) is 24.5 Å². The summed E-state index contributed by atoms with van der Waals surface area (Å²) >= 11 is 3.54. The van der Waals surface area contributed by atoms with Crippen LogP contribution in [-0.4, -0.2) is 41.9 Å². The van der Waals surface area contributed by atoms with E-state index in [9.17, 15) is 9.59 Å². The highest BCUT2D eigenvalue weighted by Crippen LogP contribution is 2.26. The van der Waals surface area contributed by atoms with Crippen molar-refractivity contribution in [3.8, 4) is 5.75 Å². The van der Waals surface area contributed by atoms with Gasteiger partial charge in [-0.3, -0.25) is 9.59 Å². The van der Waals surface area contributed by atoms with Crippen LogP contribution < -0.4 is 10.1 Å². The van der Waals surface area contributed by atoms with Crippen molar-refractivity contribution in [2.75, 3.05) is 13.2 Å². The van der Waals surface area contributed by atoms with E-state index in [1.54, 1.807) is 11.8 Å². The van der Waals surface area contributed by atoms with Crippen molar-refractivity contribution in [3.05, 3.63) is 63.6 Å². The summed E-state index contributed by atoms with van der Waals surface area (Å²) in [6.45, 7) is 9.86. The van der Waals surface area contributed by atoms with Crippen LogP contribution in [-0.2, 0) is 16.0 Å². The fourth-order valence-corrected chi connectivity index (χ4v) is 3.42. The van der Waals surface area contributed by atoms with E-state index in [1.165, 1.54) is 0 Å². The number of amides is 2. The average molecular weight is 475 g/mol. The summed E-state index contributed by atoms with van der Waals surface area (Å²) in [4.78, 5) is 27.2. The zero-order chi connectivity index (χ0) is 22.3. The van der Waals surface area contributed by atoms with E-state index in [2.05, 4.69) is 21.2 Å². The molecule has 0 aliphatic rings. The molecule has 0 heterocycles. The van der Waals surface area contributed by atoms with Crippen molar-refractivity contribution >= 4 is 27.7 Å². The molecule has 5 nitrogen and oxygen atoms in total. The molecule has 0 bridgehead atoms. The minimum Gasteiger partial charge on any atom is -0.484 e. The zero-order valence-corrected chi connectivity index (χ0v) is 20.0. The Hall–Kier alpha value is -2.34. The first-order chi connectivity index (χ1) is 14.2. The quantitative estimate of drug-likeness (QED) is 0.584. The standard InChI is InChI=1S/C24H31BrN2O3/c1-16(2)26-24(29)19(5)27(12-11-20-9-7-6-8-10-20)22(28)15-30-21-13-17(3)23(25)18(4)14-21/h6-10,13-14,16,19H,11-12,15H2,1-5H3,(H,26,29)/t19-/m0/s1. The molecule has 0 spiro atoms. The summed E-state index contributed by atoms with van der Waals surface area (Å²) in [6, 6.07) is 13.2. The summed E-state index contributed by atoms with van der Waals surface area (Å²) in [6.07, 6.45) is 0.669. The number of nitrogens with one attached hydrogen (secondary N) is 1. The third kappa shape index (κ3) is 6.87. The molecule has 2 amide bonds. The van der Waals surface area contributed by atoms with Crippen molar-refractivity contribution < 1.29 is 14.3 Å². The van der Waals surface area contributed by atoms with Crippen molar-refractivity contribution in [1.82, 2.24) is 10.2 Å². The average Bonchev–Trinajstić information content (AvgIpc) is 2.70. The Balaban J connectivity index is 2.11. The number of hydrogen-bond acceptors (Lipinski definition) is 3. The summed E-state index contributed by atoms with van der Waals surface area (Å²) in [5.41, 5.74) is 3.21. The highest BCUT2D eigenvalue weighted by atomic mass is 79.9. The predicted octanol–water partition coefficient (Wildman–Crippen LogP) is 4.43. The summed E-state index contributed by atoms with van der Waals surface area (Å²) in [7, 11) is 0. The largest absolute Gasteiger partial charge is 0.484 e. The second-order valence-corrected chi connectivity index (χ2v) is 8.61. The van der Waals surface area contributed by atoms with E-state index in [4.69, 9.17) is 4.74 Å². The van der Waals surface area contributed by atoms with Crippen LogP contribution in [0.2, 0.25) is 0 Å². The first kappa shape index (κ1) is 23.9. The Morgan fingerprint density at radius 3 is 2.23 bits per heavy atom. The molecule has 0 saturated carbocycles. The number of rotatable bonds is 9. The van der Waals surface area contributed by atoms with Gasteiger partial charge < -0.3 is 15.0 Å². The van der Waals surface area contributed by atoms with Gasteiger partial charge in [-0.2, -0.15) is 0 Å². The third-order valence-electron chi connectivity index (χ3n) is 4.85. The SMILES string of the molecule is Cc1cc(OCC(=O)N(CCc2ccccc2)[C@@H](C)C(=O)NC(C)C)cc(C)c1Br. The number of ether oxygens (including phenoxy) is 1. The fraction of sp³-hybridized carbons (Fsp3) is 0.417. The third-order valence-corrected chi connectivity index (χ3v) is 6.11. The molecule has 0 saturated heterocycles. The predicted molar refractivity (Wildman–Crippen MR) is 124 cm³/mol. The smallest absolute Gasteiger partial charge is 0.261 e. The number of carbonyl (C=O) groups excluding carboxylic acids is 2. The van der Waals surface area contributed by atoms with Gasteiger partial charge >= 0.3 is 0 Å². The van der Waals surface area contributed by atoms with Crippen molar-refractivity contribution in [2.24, 2.45) is 0 Å². The summed E-state index contributed by atoms with van der Waals surface area (Å²) in [5, 5.41) is 2.89. The molecule has 6 heteroatoms. The molecule has 2 rings (SSSR count). The number of halogens is 1. The van der Waals surface area contributed by atoms with Gasteiger partial charge in [-0.25, -0.2) is 0 Å². The monoisotopic (exact) mass is 474 g/mol. The van der Waals surface area contributed by atoms with Gasteiger partial charge in [0.15, 0.2) is 6.61 Å². The molecule has 1 atom stereocenters. The molecule has 0 fully saturated rings. The van der Waals surface area contributed by atoms with E-state index in [0.717, 1.165) is 21.2 Å².